The molecule has 4 nitrogen and oxygen atoms in total. The molecule has 0 aromatic heterocycles. The Morgan fingerprint density at radius 3 is 2.15 bits per heavy atom. The Kier molecular flexibility index (Phi) is 2.70. The summed E-state index contributed by atoms with van der Waals surface area (Å²) < 4.78 is 0.408. The minimum absolute atomic E-state index is 0.0542. The summed E-state index contributed by atoms with van der Waals surface area (Å²) in [4.78, 5) is 25.0. The van der Waals surface area contributed by atoms with Crippen molar-refractivity contribution in [2.45, 2.75) is 0 Å². The van der Waals surface area contributed by atoms with E-state index in [-0.39, 0.29) is 33.9 Å². The van der Waals surface area contributed by atoms with Crippen LogP contribution >= 0.6 is 15.9 Å². The van der Waals surface area contributed by atoms with Gasteiger partial charge >= 0.3 is 0 Å². The third kappa shape index (κ3) is 1.52. The first-order valence-electron chi connectivity index (χ1n) is 5.76. The van der Waals surface area contributed by atoms with Crippen LogP contribution in [0.15, 0.2) is 34.8 Å². The van der Waals surface area contributed by atoms with Crippen molar-refractivity contribution in [1.29, 1.82) is 5.26 Å². The molecular weight excluding hydrogens is 320 g/mol. The maximum Gasteiger partial charge on any atom is 0.196 e. The van der Waals surface area contributed by atoms with E-state index in [0.717, 1.165) is 0 Å². The van der Waals surface area contributed by atoms with Gasteiger partial charge in [0, 0.05) is 15.6 Å². The summed E-state index contributed by atoms with van der Waals surface area (Å²) in [5.74, 6) is -0.594. The summed E-state index contributed by atoms with van der Waals surface area (Å²) in [6, 6.07) is 9.98. The average Bonchev–Trinajstić information content (AvgIpc) is 2.46. The van der Waals surface area contributed by atoms with Crippen LogP contribution < -0.4 is 5.73 Å². The van der Waals surface area contributed by atoms with Crippen molar-refractivity contribution in [1.82, 2.24) is 0 Å². The lowest BCUT2D eigenvalue weighted by atomic mass is 9.82. The molecule has 0 amide bonds. The summed E-state index contributed by atoms with van der Waals surface area (Å²) in [6.07, 6.45) is 0. The molecule has 0 radical (unpaired) electrons. The van der Waals surface area contributed by atoms with Crippen LogP contribution in [0.1, 0.15) is 37.4 Å². The van der Waals surface area contributed by atoms with Gasteiger partial charge in [0.15, 0.2) is 11.6 Å². The van der Waals surface area contributed by atoms with Crippen molar-refractivity contribution in [3.8, 4) is 6.07 Å². The molecule has 5 heteroatoms. The Bertz CT molecular complexity index is 834. The smallest absolute Gasteiger partial charge is 0.196 e. The van der Waals surface area contributed by atoms with E-state index in [2.05, 4.69) is 15.9 Å². The SMILES string of the molecule is N#Cc1cc(Br)c2c(c1N)C(=O)c1ccccc1C2=O. The standard InChI is InChI=1S/C15H7BrN2O2/c16-10-5-7(6-17)13(18)12-11(10)14(19)8-3-1-2-4-9(8)15(12)20/h1-5H,18H2. The van der Waals surface area contributed by atoms with Crippen LogP contribution in [0.3, 0.4) is 0 Å². The summed E-state index contributed by atoms with van der Waals surface area (Å²) in [5.41, 5.74) is 7.12. The predicted octanol–water partition coefficient (Wildman–Crippen LogP) is 2.68. The summed E-state index contributed by atoms with van der Waals surface area (Å²) >= 11 is 3.25. The second-order valence-corrected chi connectivity index (χ2v) is 5.24. The van der Waals surface area contributed by atoms with Gasteiger partial charge in [-0.15, -0.1) is 0 Å². The summed E-state index contributed by atoms with van der Waals surface area (Å²) in [7, 11) is 0. The number of ketones is 2. The van der Waals surface area contributed by atoms with Gasteiger partial charge in [-0.2, -0.15) is 5.26 Å². The maximum absolute atomic E-state index is 12.5. The first-order chi connectivity index (χ1) is 9.56. The number of fused-ring (bicyclic) bond motifs is 2. The van der Waals surface area contributed by atoms with Crippen molar-refractivity contribution < 1.29 is 9.59 Å². The first-order valence-corrected chi connectivity index (χ1v) is 6.56. The molecule has 0 atom stereocenters. The number of carbonyl (C=O) groups excluding carboxylic acids is 2. The topological polar surface area (TPSA) is 83.9 Å². The van der Waals surface area contributed by atoms with Gasteiger partial charge in [0.05, 0.1) is 22.4 Å². The zero-order chi connectivity index (χ0) is 14.4. The Balaban J connectivity index is 2.43. The molecule has 0 unspecified atom stereocenters. The molecule has 3 rings (SSSR count). The second-order valence-electron chi connectivity index (χ2n) is 4.39. The lowest BCUT2D eigenvalue weighted by Gasteiger charge is -2.20. The zero-order valence-electron chi connectivity index (χ0n) is 10.1. The quantitative estimate of drug-likeness (QED) is 0.644. The van der Waals surface area contributed by atoms with E-state index in [9.17, 15) is 9.59 Å². The van der Waals surface area contributed by atoms with E-state index in [4.69, 9.17) is 11.0 Å². The minimum Gasteiger partial charge on any atom is -0.397 e. The fourth-order valence-corrected chi connectivity index (χ4v) is 2.97. The van der Waals surface area contributed by atoms with Crippen molar-refractivity contribution in [2.24, 2.45) is 0 Å². The number of benzene rings is 2. The normalized spacial score (nSPS) is 12.6. The highest BCUT2D eigenvalue weighted by Crippen LogP contribution is 2.36. The van der Waals surface area contributed by atoms with Gasteiger partial charge in [0.25, 0.3) is 0 Å². The second kappa shape index (κ2) is 4.29. The number of carbonyl (C=O) groups is 2. The zero-order valence-corrected chi connectivity index (χ0v) is 11.7. The van der Waals surface area contributed by atoms with Crippen LogP contribution in [0.5, 0.6) is 0 Å². The van der Waals surface area contributed by atoms with E-state index in [1.54, 1.807) is 24.3 Å². The van der Waals surface area contributed by atoms with Crippen molar-refractivity contribution >= 4 is 33.2 Å². The molecule has 2 aromatic rings. The van der Waals surface area contributed by atoms with E-state index >= 15 is 0 Å². The summed E-state index contributed by atoms with van der Waals surface area (Å²) in [5, 5.41) is 9.04. The number of hydrogen-bond donors (Lipinski definition) is 1. The molecule has 1 aliphatic rings. The molecule has 2 aromatic carbocycles. The van der Waals surface area contributed by atoms with Gasteiger partial charge in [-0.1, -0.05) is 24.3 Å². The van der Waals surface area contributed by atoms with Crippen molar-refractivity contribution in [3.05, 3.63) is 62.6 Å². The van der Waals surface area contributed by atoms with Gasteiger partial charge in [-0.05, 0) is 22.0 Å². The van der Waals surface area contributed by atoms with Crippen LogP contribution in [0, 0.1) is 11.3 Å². The minimum atomic E-state index is -0.328. The number of halogens is 1. The molecular formula is C15H7BrN2O2. The number of nitrogens with zero attached hydrogens (tertiary/aromatic N) is 1. The van der Waals surface area contributed by atoms with Crippen LogP contribution in [-0.2, 0) is 0 Å². The molecule has 2 N–H and O–H groups in total. The summed E-state index contributed by atoms with van der Waals surface area (Å²) in [6.45, 7) is 0. The van der Waals surface area contributed by atoms with Crippen LogP contribution in [0.4, 0.5) is 5.69 Å². The maximum atomic E-state index is 12.5. The molecule has 0 spiro atoms. The molecule has 20 heavy (non-hydrogen) atoms. The third-order valence-electron chi connectivity index (χ3n) is 3.31. The van der Waals surface area contributed by atoms with Crippen LogP contribution in [0.25, 0.3) is 0 Å². The highest BCUT2D eigenvalue weighted by molar-refractivity contribution is 9.10. The van der Waals surface area contributed by atoms with Crippen LogP contribution in [0.2, 0.25) is 0 Å². The van der Waals surface area contributed by atoms with E-state index in [0.29, 0.717) is 15.6 Å². The number of nitrogen functional groups attached to an aromatic ring is 1. The van der Waals surface area contributed by atoms with E-state index < -0.39 is 0 Å². The number of nitriles is 1. The number of nitrogens with two attached hydrogens (primary N) is 1. The lowest BCUT2D eigenvalue weighted by Crippen LogP contribution is -2.23. The Morgan fingerprint density at radius 2 is 1.60 bits per heavy atom. The third-order valence-corrected chi connectivity index (χ3v) is 3.94. The monoisotopic (exact) mass is 326 g/mol. The fraction of sp³-hybridized carbons (Fsp3) is 0. The number of anilines is 1. The van der Waals surface area contributed by atoms with Crippen LogP contribution in [-0.4, -0.2) is 11.6 Å². The fourth-order valence-electron chi connectivity index (χ4n) is 2.36. The molecule has 0 fully saturated rings. The molecule has 0 bridgehead atoms. The van der Waals surface area contributed by atoms with Gasteiger partial charge in [0.2, 0.25) is 0 Å². The Morgan fingerprint density at radius 1 is 1.05 bits per heavy atom. The largest absolute Gasteiger partial charge is 0.397 e. The van der Waals surface area contributed by atoms with Crippen molar-refractivity contribution in [3.63, 3.8) is 0 Å². The lowest BCUT2D eigenvalue weighted by molar-refractivity contribution is 0.0979. The predicted molar refractivity (Wildman–Crippen MR) is 76.6 cm³/mol. The van der Waals surface area contributed by atoms with Crippen molar-refractivity contribution in [2.75, 3.05) is 5.73 Å². The number of rotatable bonds is 0. The highest BCUT2D eigenvalue weighted by atomic mass is 79.9. The molecule has 0 aliphatic heterocycles. The molecule has 1 aliphatic carbocycles. The number of hydrogen-bond acceptors (Lipinski definition) is 4. The van der Waals surface area contributed by atoms with Gasteiger partial charge in [-0.3, -0.25) is 9.59 Å². The average molecular weight is 327 g/mol. The van der Waals surface area contributed by atoms with E-state index in [1.165, 1.54) is 6.07 Å². The molecule has 0 saturated heterocycles. The van der Waals surface area contributed by atoms with E-state index in [1.807, 2.05) is 6.07 Å². The Labute approximate surface area is 123 Å². The first kappa shape index (κ1) is 12.6. The molecule has 96 valence electrons. The molecule has 0 heterocycles. The van der Waals surface area contributed by atoms with Gasteiger partial charge in [-0.25, -0.2) is 0 Å². The highest BCUT2D eigenvalue weighted by Gasteiger charge is 2.33. The Hall–Kier alpha value is -2.45. The van der Waals surface area contributed by atoms with Gasteiger partial charge in [0.1, 0.15) is 6.07 Å². The molecule has 0 saturated carbocycles. The van der Waals surface area contributed by atoms with Gasteiger partial charge < -0.3 is 5.73 Å².